The highest BCUT2D eigenvalue weighted by Gasteiger charge is 2.21. The average molecular weight is 1280 g/mol. The molecule has 12 heterocycles. The molecule has 12 aromatic heterocycles. The minimum atomic E-state index is -0.291. The lowest BCUT2D eigenvalue weighted by atomic mass is 9.82. The van der Waals surface area contributed by atoms with Crippen molar-refractivity contribution in [1.82, 2.24) is 118 Å². The summed E-state index contributed by atoms with van der Waals surface area (Å²) < 4.78 is 6.00. The molecule has 2 aliphatic rings. The van der Waals surface area contributed by atoms with Crippen LogP contribution in [0.2, 0.25) is 0 Å². The van der Waals surface area contributed by atoms with Gasteiger partial charge in [-0.2, -0.15) is 0 Å². The van der Waals surface area contributed by atoms with E-state index in [1.54, 1.807) is 64.9 Å². The fourth-order valence-electron chi connectivity index (χ4n) is 11.0. The Balaban J connectivity index is 0.000000128. The Morgan fingerprint density at radius 2 is 0.574 bits per heavy atom. The molecule has 94 heavy (non-hydrogen) atoms. The molecule has 0 saturated heterocycles. The van der Waals surface area contributed by atoms with Gasteiger partial charge in [0.1, 0.15) is 45.4 Å². The van der Waals surface area contributed by atoms with Gasteiger partial charge in [-0.1, -0.05) is 65.2 Å². The number of aryl methyl sites for hydroxylation is 8. The fourth-order valence-corrected chi connectivity index (χ4v) is 11.0. The van der Waals surface area contributed by atoms with Crippen molar-refractivity contribution >= 4 is 67.9 Å². The second kappa shape index (κ2) is 28.6. The van der Waals surface area contributed by atoms with Crippen molar-refractivity contribution < 1.29 is 0 Å². The number of nitrogen functional groups attached to an aromatic ring is 4. The molecule has 488 valence electrons. The number of nitrogens with zero attached hydrogens (tertiary/aromatic N) is 20. The maximum Gasteiger partial charge on any atom is 0.328 e. The smallest absolute Gasteiger partial charge is 0.328 e. The van der Waals surface area contributed by atoms with Crippen LogP contribution in [-0.4, -0.2) is 118 Å². The predicted molar refractivity (Wildman–Crippen MR) is 353 cm³/mol. The molecule has 2 aliphatic carbocycles. The van der Waals surface area contributed by atoms with Gasteiger partial charge in [-0.05, 0) is 78.1 Å². The molecule has 32 heteroatoms. The number of hydrogen-bond acceptors (Lipinski definition) is 24. The van der Waals surface area contributed by atoms with Crippen molar-refractivity contribution in [3.05, 3.63) is 160 Å². The summed E-state index contributed by atoms with van der Waals surface area (Å²) in [5, 5.41) is 0. The first kappa shape index (κ1) is 64.4. The van der Waals surface area contributed by atoms with E-state index in [1.165, 1.54) is 69.6 Å². The van der Waals surface area contributed by atoms with Crippen molar-refractivity contribution in [3.63, 3.8) is 0 Å². The van der Waals surface area contributed by atoms with Crippen molar-refractivity contribution in [3.8, 4) is 0 Å². The van der Waals surface area contributed by atoms with Crippen LogP contribution >= 0.6 is 0 Å². The zero-order chi connectivity index (χ0) is 66.2. The molecule has 0 amide bonds. The quantitative estimate of drug-likeness (QED) is 0.0573. The zero-order valence-corrected chi connectivity index (χ0v) is 53.4. The van der Waals surface area contributed by atoms with Crippen LogP contribution in [-0.2, 0) is 51.9 Å². The number of nitrogens with two attached hydrogens (primary N) is 4. The number of nitrogens with one attached hydrogen (secondary N) is 4. The van der Waals surface area contributed by atoms with Crippen LogP contribution in [0.5, 0.6) is 0 Å². The Morgan fingerprint density at radius 3 is 0.777 bits per heavy atom. The van der Waals surface area contributed by atoms with Gasteiger partial charge in [0.05, 0.1) is 96.5 Å². The van der Waals surface area contributed by atoms with E-state index in [-0.39, 0.29) is 59.1 Å². The van der Waals surface area contributed by atoms with E-state index in [1.807, 2.05) is 12.4 Å². The fraction of sp³-hybridized carbons (Fsp3) is 0.419. The molecule has 32 nitrogen and oxygen atoms in total. The molecule has 0 radical (unpaired) electrons. The van der Waals surface area contributed by atoms with Gasteiger partial charge in [0.2, 0.25) is 0 Å². The molecule has 12 N–H and O–H groups in total. The summed E-state index contributed by atoms with van der Waals surface area (Å²) >= 11 is 0. The summed E-state index contributed by atoms with van der Waals surface area (Å²) in [6, 6.07) is 0. The molecular formula is C62H76N28O4. The van der Waals surface area contributed by atoms with Crippen molar-refractivity contribution in [2.24, 2.45) is 11.8 Å². The maximum atomic E-state index is 12.2. The van der Waals surface area contributed by atoms with Gasteiger partial charge in [0.25, 0.3) is 0 Å². The van der Waals surface area contributed by atoms with Crippen LogP contribution in [0.4, 0.5) is 23.3 Å². The van der Waals surface area contributed by atoms with Gasteiger partial charge in [0.15, 0.2) is 45.9 Å². The van der Waals surface area contributed by atoms with Crippen LogP contribution in [0.25, 0.3) is 44.7 Å². The molecule has 0 aromatic carbocycles. The maximum absolute atomic E-state index is 12.2. The van der Waals surface area contributed by atoms with Gasteiger partial charge in [0, 0.05) is 24.8 Å². The summed E-state index contributed by atoms with van der Waals surface area (Å²) in [7, 11) is 0. The normalized spacial score (nSPS) is 13.1. The largest absolute Gasteiger partial charge is 0.382 e. The molecule has 12 aromatic rings. The average Bonchev–Trinajstić information content (AvgIpc) is 1.67. The summed E-state index contributed by atoms with van der Waals surface area (Å²) in [5.41, 5.74) is 32.7. The lowest BCUT2D eigenvalue weighted by Crippen LogP contribution is -2.18. The van der Waals surface area contributed by atoms with Gasteiger partial charge in [-0.25, -0.2) is 59.0 Å². The van der Waals surface area contributed by atoms with Crippen molar-refractivity contribution in [1.29, 1.82) is 0 Å². The number of aromatic nitrogens is 24. The van der Waals surface area contributed by atoms with Crippen LogP contribution < -0.4 is 45.7 Å². The molecule has 0 spiro atoms. The van der Waals surface area contributed by atoms with E-state index in [0.717, 1.165) is 73.1 Å². The molecular weight excluding hydrogens is 1200 g/mol. The third-order valence-electron chi connectivity index (χ3n) is 16.4. The summed E-state index contributed by atoms with van der Waals surface area (Å²) in [4.78, 5) is 128. The SMILES string of the molecule is CCCc1cnc(Cn2c(=O)[nH]c3c(N)nc(C)nc32)cn1.CCCc1cnc(Cn2c(=O)[nH]c3c(N)nc(C)nc32)cn1.Cc1nc(N)c2[nH]c(=O)n(Cc3cnc(CCC4CCC4)cn3)c2n1.Cc1nc(N)c2[nH]c(=O)n(Cc3cnc(CCC4CCC4)cn3)c2n1. The highest BCUT2D eigenvalue weighted by Crippen LogP contribution is 2.31. The number of hydrogen-bond donors (Lipinski definition) is 8. The Morgan fingerprint density at radius 1 is 0.351 bits per heavy atom. The van der Waals surface area contributed by atoms with E-state index in [2.05, 4.69) is 114 Å². The van der Waals surface area contributed by atoms with E-state index in [9.17, 15) is 19.2 Å². The Kier molecular flexibility index (Phi) is 19.6. The summed E-state index contributed by atoms with van der Waals surface area (Å²) in [6.45, 7) is 12.3. The minimum absolute atomic E-state index is 0.266. The monoisotopic (exact) mass is 1280 g/mol. The third-order valence-corrected chi connectivity index (χ3v) is 16.4. The van der Waals surface area contributed by atoms with Gasteiger partial charge in [-0.15, -0.1) is 0 Å². The molecule has 0 bridgehead atoms. The van der Waals surface area contributed by atoms with Gasteiger partial charge in [-0.3, -0.25) is 58.1 Å². The molecule has 0 aliphatic heterocycles. The molecule has 14 rings (SSSR count). The van der Waals surface area contributed by atoms with Gasteiger partial charge >= 0.3 is 22.8 Å². The first-order chi connectivity index (χ1) is 45.4. The minimum Gasteiger partial charge on any atom is -0.382 e. The number of imidazole rings is 4. The predicted octanol–water partition coefficient (Wildman–Crippen LogP) is 4.76. The highest BCUT2D eigenvalue weighted by molar-refractivity contribution is 5.83. The highest BCUT2D eigenvalue weighted by atomic mass is 16.2. The standard InChI is InChI=1S/2C17H21N7O.2C14H17N7O/c2*1-10-21-15(18)14-16(22-10)24(17(25)23-14)9-13-8-19-12(7-20-13)6-5-11-3-2-4-11;2*1-3-4-9-5-17-10(6-16-9)7-21-13-11(20-14(21)22)12(15)18-8(2)19-13/h2*7-8,11H,2-6,9H2,1H3,(H,23,25)(H2,18,21,22);2*5-6H,3-4,7H2,1-2H3,(H,20,22)(H2,15,18,19). The number of rotatable bonds is 18. The Bertz CT molecular complexity index is 4550. The second-order valence-electron chi connectivity index (χ2n) is 23.7. The van der Waals surface area contributed by atoms with E-state index >= 15 is 0 Å². The lowest BCUT2D eigenvalue weighted by molar-refractivity contribution is 0.295. The van der Waals surface area contributed by atoms with Crippen LogP contribution in [0, 0.1) is 39.5 Å². The van der Waals surface area contributed by atoms with E-state index < -0.39 is 0 Å². The third kappa shape index (κ3) is 15.1. The van der Waals surface area contributed by atoms with E-state index in [0.29, 0.717) is 104 Å². The zero-order valence-electron chi connectivity index (χ0n) is 53.4. The van der Waals surface area contributed by atoms with E-state index in [4.69, 9.17) is 22.9 Å². The summed E-state index contributed by atoms with van der Waals surface area (Å²) in [6.07, 6.45) is 30.2. The summed E-state index contributed by atoms with van der Waals surface area (Å²) in [5.74, 6) is 4.88. The van der Waals surface area contributed by atoms with Crippen LogP contribution in [0.3, 0.4) is 0 Å². The first-order valence-electron chi connectivity index (χ1n) is 31.5. The molecule has 0 unspecified atom stereocenters. The number of fused-ring (bicyclic) bond motifs is 4. The topological polar surface area (TPSA) is 461 Å². The Labute approximate surface area is 536 Å². The molecule has 2 fully saturated rings. The van der Waals surface area contributed by atoms with Crippen molar-refractivity contribution in [2.45, 2.75) is 158 Å². The van der Waals surface area contributed by atoms with Gasteiger partial charge < -0.3 is 42.9 Å². The number of aromatic amines is 4. The van der Waals surface area contributed by atoms with Crippen LogP contribution in [0.1, 0.15) is 147 Å². The Hall–Kier alpha value is -11.1. The number of H-pyrrole nitrogens is 4. The second-order valence-corrected chi connectivity index (χ2v) is 23.7. The first-order valence-corrected chi connectivity index (χ1v) is 31.5. The van der Waals surface area contributed by atoms with Crippen molar-refractivity contribution in [2.75, 3.05) is 22.9 Å². The van der Waals surface area contributed by atoms with Crippen LogP contribution in [0.15, 0.2) is 68.8 Å². The number of anilines is 4. The molecule has 2 saturated carbocycles. The lowest BCUT2D eigenvalue weighted by Gasteiger charge is -2.24. The molecule has 0 atom stereocenters.